The molecule has 0 unspecified atom stereocenters. The van der Waals surface area contributed by atoms with Crippen LogP contribution >= 0.6 is 0 Å². The predicted octanol–water partition coefficient (Wildman–Crippen LogP) is 2.50. The lowest BCUT2D eigenvalue weighted by Crippen LogP contribution is -2.09. The Balaban J connectivity index is 2.03. The first-order valence-corrected chi connectivity index (χ1v) is 6.80. The molecule has 18 heavy (non-hydrogen) atoms. The van der Waals surface area contributed by atoms with E-state index in [1.54, 1.807) is 0 Å². The summed E-state index contributed by atoms with van der Waals surface area (Å²) in [5.74, 6) is 3.42. The van der Waals surface area contributed by atoms with Gasteiger partial charge < -0.3 is 9.88 Å². The molecule has 0 spiro atoms. The summed E-state index contributed by atoms with van der Waals surface area (Å²) in [6.07, 6.45) is 5.39. The molecular formula is C13H19N5. The summed E-state index contributed by atoms with van der Waals surface area (Å²) < 4.78 is 2.06. The number of hydrogen-bond acceptors (Lipinski definition) is 4. The van der Waals surface area contributed by atoms with E-state index in [1.807, 2.05) is 6.33 Å². The highest BCUT2D eigenvalue weighted by atomic mass is 15.2. The Morgan fingerprint density at radius 2 is 2.17 bits per heavy atom. The first-order valence-electron chi connectivity index (χ1n) is 6.80. The lowest BCUT2D eigenvalue weighted by atomic mass is 10.3. The second-order valence-corrected chi connectivity index (χ2v) is 4.83. The summed E-state index contributed by atoms with van der Waals surface area (Å²) in [6, 6.07) is 0. The average molecular weight is 245 g/mol. The van der Waals surface area contributed by atoms with Crippen LogP contribution in [-0.4, -0.2) is 26.1 Å². The Morgan fingerprint density at radius 1 is 1.33 bits per heavy atom. The molecule has 96 valence electrons. The molecule has 0 aromatic heterocycles. The fourth-order valence-electron chi connectivity index (χ4n) is 2.08. The third kappa shape index (κ3) is 1.94. The van der Waals surface area contributed by atoms with Crippen molar-refractivity contribution in [1.82, 2.24) is 19.5 Å². The van der Waals surface area contributed by atoms with E-state index in [1.165, 1.54) is 12.8 Å². The smallest absolute Gasteiger partial charge is 0.165 e. The van der Waals surface area contributed by atoms with Gasteiger partial charge in [-0.3, -0.25) is 0 Å². The van der Waals surface area contributed by atoms with Gasteiger partial charge in [-0.1, -0.05) is 6.92 Å². The molecule has 1 fully saturated rings. The normalized spacial score (nSPS) is 15.2. The minimum absolute atomic E-state index is 0.585. The molecule has 1 aliphatic carbocycles. The zero-order chi connectivity index (χ0) is 12.5. The second-order valence-electron chi connectivity index (χ2n) is 4.83. The fourth-order valence-corrected chi connectivity index (χ4v) is 2.08. The van der Waals surface area contributed by atoms with Crippen molar-refractivity contribution in [2.45, 2.75) is 45.6 Å². The molecule has 0 bridgehead atoms. The summed E-state index contributed by atoms with van der Waals surface area (Å²) in [4.78, 5) is 13.8. The molecule has 2 aliphatic heterocycles. The number of anilines is 1. The number of nitrogens with one attached hydrogen (secondary N) is 1. The van der Waals surface area contributed by atoms with Crippen LogP contribution in [-0.2, 0) is 6.54 Å². The van der Waals surface area contributed by atoms with E-state index in [9.17, 15) is 0 Å². The van der Waals surface area contributed by atoms with E-state index in [0.29, 0.717) is 5.92 Å². The molecule has 3 aliphatic rings. The maximum Gasteiger partial charge on any atom is 0.165 e. The van der Waals surface area contributed by atoms with Crippen molar-refractivity contribution in [1.29, 1.82) is 0 Å². The van der Waals surface area contributed by atoms with Crippen molar-refractivity contribution in [3.05, 3.63) is 12.2 Å². The summed E-state index contributed by atoms with van der Waals surface area (Å²) in [7, 11) is 0. The van der Waals surface area contributed by atoms with Crippen LogP contribution in [0.5, 0.6) is 0 Å². The van der Waals surface area contributed by atoms with Crippen LogP contribution in [0.25, 0.3) is 11.5 Å². The van der Waals surface area contributed by atoms with Gasteiger partial charge in [0.2, 0.25) is 0 Å². The Morgan fingerprint density at radius 3 is 2.83 bits per heavy atom. The number of nitrogens with zero attached hydrogens (tertiary/aromatic N) is 4. The van der Waals surface area contributed by atoms with Crippen LogP contribution < -0.4 is 5.32 Å². The standard InChI is InChI=1S/C13H19N5/c1-3-7-14-12-10-13(18(4-2)8-15-12)17-11(16-10)9-5-6-9/h8-9,14H,3-7H2,1-2H3. The van der Waals surface area contributed by atoms with Gasteiger partial charge >= 0.3 is 0 Å². The van der Waals surface area contributed by atoms with E-state index < -0.39 is 0 Å². The molecule has 2 heterocycles. The highest BCUT2D eigenvalue weighted by Crippen LogP contribution is 2.40. The van der Waals surface area contributed by atoms with Crippen LogP contribution in [0.3, 0.4) is 0 Å². The molecular weight excluding hydrogens is 226 g/mol. The molecule has 1 saturated carbocycles. The first-order chi connectivity index (χ1) is 8.83. The topological polar surface area (TPSA) is 55.6 Å². The number of fused-ring (bicyclic) bond motifs is 1. The molecule has 0 radical (unpaired) electrons. The second kappa shape index (κ2) is 4.55. The molecule has 5 heteroatoms. The number of aromatic nitrogens is 4. The first kappa shape index (κ1) is 11.4. The van der Waals surface area contributed by atoms with Crippen molar-refractivity contribution in [3.63, 3.8) is 0 Å². The minimum atomic E-state index is 0.585. The maximum atomic E-state index is 4.69. The van der Waals surface area contributed by atoms with Gasteiger partial charge in [0.15, 0.2) is 17.3 Å². The van der Waals surface area contributed by atoms with Crippen LogP contribution in [0.15, 0.2) is 6.33 Å². The highest BCUT2D eigenvalue weighted by Gasteiger charge is 2.30. The van der Waals surface area contributed by atoms with Crippen LogP contribution in [0.1, 0.15) is 44.9 Å². The Hall–Kier alpha value is -1.65. The summed E-state index contributed by atoms with van der Waals surface area (Å²) in [6.45, 7) is 6.04. The SMILES string of the molecule is CCCNc1ncn(CC)c2nc(C3CC3)nc1-2. The summed E-state index contributed by atoms with van der Waals surface area (Å²) in [5, 5.41) is 3.33. The predicted molar refractivity (Wildman–Crippen MR) is 70.9 cm³/mol. The molecule has 1 N–H and O–H groups in total. The maximum absolute atomic E-state index is 4.69. The largest absolute Gasteiger partial charge is 0.368 e. The number of imidazole rings is 1. The van der Waals surface area contributed by atoms with E-state index in [-0.39, 0.29) is 0 Å². The van der Waals surface area contributed by atoms with Gasteiger partial charge in [0.05, 0.1) is 6.33 Å². The van der Waals surface area contributed by atoms with E-state index in [0.717, 1.165) is 42.7 Å². The van der Waals surface area contributed by atoms with Gasteiger partial charge in [-0.15, -0.1) is 0 Å². The third-order valence-electron chi connectivity index (χ3n) is 3.31. The van der Waals surface area contributed by atoms with Crippen LogP contribution in [0, 0.1) is 0 Å². The highest BCUT2D eigenvalue weighted by molar-refractivity contribution is 5.67. The Kier molecular flexibility index (Phi) is 2.89. The Bertz CT molecular complexity index is 515. The summed E-state index contributed by atoms with van der Waals surface area (Å²) in [5.41, 5.74) is 0.926. The van der Waals surface area contributed by atoms with Crippen LogP contribution in [0.4, 0.5) is 5.82 Å². The van der Waals surface area contributed by atoms with Crippen molar-refractivity contribution in [3.8, 4) is 11.5 Å². The third-order valence-corrected chi connectivity index (χ3v) is 3.31. The molecule has 0 aromatic carbocycles. The molecule has 0 atom stereocenters. The van der Waals surface area contributed by atoms with Crippen molar-refractivity contribution < 1.29 is 0 Å². The van der Waals surface area contributed by atoms with Crippen molar-refractivity contribution >= 4 is 5.82 Å². The zero-order valence-corrected chi connectivity index (χ0v) is 11.0. The van der Waals surface area contributed by atoms with Gasteiger partial charge in [-0.2, -0.15) is 0 Å². The van der Waals surface area contributed by atoms with Gasteiger partial charge in [0, 0.05) is 19.0 Å². The van der Waals surface area contributed by atoms with Crippen molar-refractivity contribution in [2.24, 2.45) is 0 Å². The van der Waals surface area contributed by atoms with Gasteiger partial charge in [-0.25, -0.2) is 15.0 Å². The minimum Gasteiger partial charge on any atom is -0.368 e. The van der Waals surface area contributed by atoms with Crippen LogP contribution in [0.2, 0.25) is 0 Å². The van der Waals surface area contributed by atoms with Gasteiger partial charge in [0.1, 0.15) is 5.82 Å². The van der Waals surface area contributed by atoms with Gasteiger partial charge in [0.25, 0.3) is 0 Å². The van der Waals surface area contributed by atoms with E-state index in [2.05, 4.69) is 38.7 Å². The lowest BCUT2D eigenvalue weighted by Gasteiger charge is -2.11. The lowest BCUT2D eigenvalue weighted by molar-refractivity contribution is 0.728. The van der Waals surface area contributed by atoms with E-state index >= 15 is 0 Å². The molecule has 3 rings (SSSR count). The number of aryl methyl sites for hydroxylation is 1. The van der Waals surface area contributed by atoms with E-state index in [4.69, 9.17) is 0 Å². The van der Waals surface area contributed by atoms with Crippen molar-refractivity contribution in [2.75, 3.05) is 11.9 Å². The monoisotopic (exact) mass is 245 g/mol. The molecule has 0 aromatic rings. The number of hydrogen-bond donors (Lipinski definition) is 1. The number of rotatable bonds is 5. The molecule has 0 amide bonds. The van der Waals surface area contributed by atoms with Gasteiger partial charge in [-0.05, 0) is 26.2 Å². The Labute approximate surface area is 107 Å². The average Bonchev–Trinajstić information content (AvgIpc) is 3.15. The summed E-state index contributed by atoms with van der Waals surface area (Å²) >= 11 is 0. The molecule has 0 saturated heterocycles. The quantitative estimate of drug-likeness (QED) is 0.879. The zero-order valence-electron chi connectivity index (χ0n) is 11.0. The fraction of sp³-hybridized carbons (Fsp3) is 0.615. The molecule has 5 nitrogen and oxygen atoms in total.